The summed E-state index contributed by atoms with van der Waals surface area (Å²) in [4.78, 5) is 6.67. The van der Waals surface area contributed by atoms with Crippen LogP contribution < -0.4 is 5.73 Å². The SMILES string of the molecule is CC1CC(N)CCN1Cc1cncc(Br)c1. The van der Waals surface area contributed by atoms with Crippen molar-refractivity contribution in [3.05, 3.63) is 28.5 Å². The van der Waals surface area contributed by atoms with Crippen molar-refractivity contribution in [2.24, 2.45) is 5.73 Å². The summed E-state index contributed by atoms with van der Waals surface area (Å²) in [6.07, 6.45) is 5.96. The topological polar surface area (TPSA) is 42.1 Å². The first-order chi connectivity index (χ1) is 7.65. The number of nitrogens with two attached hydrogens (primary N) is 1. The minimum atomic E-state index is 0.381. The van der Waals surface area contributed by atoms with Gasteiger partial charge in [-0.05, 0) is 47.3 Å². The van der Waals surface area contributed by atoms with Crippen molar-refractivity contribution in [2.75, 3.05) is 6.54 Å². The Balaban J connectivity index is 1.99. The molecule has 2 atom stereocenters. The largest absolute Gasteiger partial charge is 0.328 e. The van der Waals surface area contributed by atoms with Gasteiger partial charge < -0.3 is 5.73 Å². The Kier molecular flexibility index (Phi) is 3.95. The molecule has 1 saturated heterocycles. The van der Waals surface area contributed by atoms with Crippen LogP contribution >= 0.6 is 15.9 Å². The zero-order valence-corrected chi connectivity index (χ0v) is 11.2. The number of likely N-dealkylation sites (tertiary alicyclic amines) is 1. The molecule has 1 aromatic rings. The van der Waals surface area contributed by atoms with Gasteiger partial charge in [0.15, 0.2) is 0 Å². The van der Waals surface area contributed by atoms with Gasteiger partial charge in [0.25, 0.3) is 0 Å². The standard InChI is InChI=1S/C12H18BrN3/c1-9-4-12(14)2-3-16(9)8-10-5-11(13)7-15-6-10/h5-7,9,12H,2-4,8,14H2,1H3. The van der Waals surface area contributed by atoms with Crippen LogP contribution in [-0.4, -0.2) is 28.5 Å². The molecule has 1 fully saturated rings. The maximum Gasteiger partial charge on any atom is 0.0410 e. The highest BCUT2D eigenvalue weighted by atomic mass is 79.9. The minimum absolute atomic E-state index is 0.381. The molecule has 1 aliphatic rings. The molecule has 2 unspecified atom stereocenters. The fourth-order valence-electron chi connectivity index (χ4n) is 2.27. The van der Waals surface area contributed by atoms with Gasteiger partial charge in [0.2, 0.25) is 0 Å². The van der Waals surface area contributed by atoms with E-state index in [9.17, 15) is 0 Å². The van der Waals surface area contributed by atoms with Crippen molar-refractivity contribution in [2.45, 2.75) is 38.4 Å². The Labute approximate surface area is 105 Å². The Morgan fingerprint density at radius 3 is 3.06 bits per heavy atom. The van der Waals surface area contributed by atoms with E-state index >= 15 is 0 Å². The average molecular weight is 284 g/mol. The molecule has 0 bridgehead atoms. The quantitative estimate of drug-likeness (QED) is 0.905. The third-order valence-electron chi connectivity index (χ3n) is 3.20. The zero-order valence-electron chi connectivity index (χ0n) is 9.56. The number of aromatic nitrogens is 1. The average Bonchev–Trinajstić information content (AvgIpc) is 2.22. The molecule has 0 radical (unpaired) electrons. The molecule has 0 aliphatic carbocycles. The van der Waals surface area contributed by atoms with Gasteiger partial charge in [-0.3, -0.25) is 9.88 Å². The maximum atomic E-state index is 5.96. The summed E-state index contributed by atoms with van der Waals surface area (Å²) in [6.45, 7) is 4.32. The van der Waals surface area contributed by atoms with Gasteiger partial charge in [-0.15, -0.1) is 0 Å². The van der Waals surface area contributed by atoms with E-state index in [2.05, 4.69) is 38.8 Å². The van der Waals surface area contributed by atoms with Gasteiger partial charge in [0, 0.05) is 42.0 Å². The van der Waals surface area contributed by atoms with E-state index in [1.165, 1.54) is 5.56 Å². The third kappa shape index (κ3) is 3.03. The van der Waals surface area contributed by atoms with Crippen molar-refractivity contribution in [1.29, 1.82) is 0 Å². The van der Waals surface area contributed by atoms with Gasteiger partial charge in [0.05, 0.1) is 0 Å². The third-order valence-corrected chi connectivity index (χ3v) is 3.64. The molecular weight excluding hydrogens is 266 g/mol. The van der Waals surface area contributed by atoms with Gasteiger partial charge in [0.1, 0.15) is 0 Å². The molecule has 4 heteroatoms. The van der Waals surface area contributed by atoms with Crippen LogP contribution in [0.3, 0.4) is 0 Å². The smallest absolute Gasteiger partial charge is 0.0410 e. The van der Waals surface area contributed by atoms with Crippen molar-refractivity contribution in [1.82, 2.24) is 9.88 Å². The van der Waals surface area contributed by atoms with E-state index < -0.39 is 0 Å². The molecule has 3 nitrogen and oxygen atoms in total. The fraction of sp³-hybridized carbons (Fsp3) is 0.583. The Bertz CT molecular complexity index is 356. The van der Waals surface area contributed by atoms with Crippen molar-refractivity contribution >= 4 is 15.9 Å². The van der Waals surface area contributed by atoms with Crippen LogP contribution in [0.2, 0.25) is 0 Å². The van der Waals surface area contributed by atoms with Crippen LogP contribution in [0.25, 0.3) is 0 Å². The summed E-state index contributed by atoms with van der Waals surface area (Å²) >= 11 is 3.45. The molecule has 16 heavy (non-hydrogen) atoms. The second-order valence-corrected chi connectivity index (χ2v) is 5.53. The first-order valence-corrected chi connectivity index (χ1v) is 6.53. The molecule has 0 amide bonds. The van der Waals surface area contributed by atoms with Crippen LogP contribution in [0.1, 0.15) is 25.3 Å². The highest BCUT2D eigenvalue weighted by Crippen LogP contribution is 2.19. The highest BCUT2D eigenvalue weighted by molar-refractivity contribution is 9.10. The van der Waals surface area contributed by atoms with E-state index in [-0.39, 0.29) is 0 Å². The van der Waals surface area contributed by atoms with Gasteiger partial charge in [-0.25, -0.2) is 0 Å². The van der Waals surface area contributed by atoms with E-state index in [4.69, 9.17) is 5.73 Å². The molecule has 1 aromatic heterocycles. The molecule has 88 valence electrons. The zero-order chi connectivity index (χ0) is 11.5. The lowest BCUT2D eigenvalue weighted by atomic mass is 9.99. The first-order valence-electron chi connectivity index (χ1n) is 5.74. The fourth-order valence-corrected chi connectivity index (χ4v) is 2.68. The lowest BCUT2D eigenvalue weighted by Crippen LogP contribution is -2.44. The molecular formula is C12H18BrN3. The lowest BCUT2D eigenvalue weighted by molar-refractivity contribution is 0.140. The first kappa shape index (κ1) is 12.0. The van der Waals surface area contributed by atoms with Gasteiger partial charge >= 0.3 is 0 Å². The van der Waals surface area contributed by atoms with Crippen molar-refractivity contribution in [3.63, 3.8) is 0 Å². The summed E-state index contributed by atoms with van der Waals surface area (Å²) in [5.74, 6) is 0. The van der Waals surface area contributed by atoms with Crippen LogP contribution in [0.5, 0.6) is 0 Å². The van der Waals surface area contributed by atoms with E-state index in [1.54, 1.807) is 0 Å². The number of rotatable bonds is 2. The summed E-state index contributed by atoms with van der Waals surface area (Å²) in [7, 11) is 0. The predicted molar refractivity (Wildman–Crippen MR) is 69.0 cm³/mol. The number of halogens is 1. The molecule has 0 aromatic carbocycles. The number of pyridine rings is 1. The molecule has 1 aliphatic heterocycles. The summed E-state index contributed by atoms with van der Waals surface area (Å²) in [5, 5.41) is 0. The second kappa shape index (κ2) is 5.25. The lowest BCUT2D eigenvalue weighted by Gasteiger charge is -2.36. The number of hydrogen-bond donors (Lipinski definition) is 1. The molecule has 0 spiro atoms. The van der Waals surface area contributed by atoms with Gasteiger partial charge in [-0.1, -0.05) is 0 Å². The number of nitrogens with zero attached hydrogens (tertiary/aromatic N) is 2. The van der Waals surface area contributed by atoms with Crippen molar-refractivity contribution < 1.29 is 0 Å². The van der Waals surface area contributed by atoms with Crippen LogP contribution in [0.4, 0.5) is 0 Å². The summed E-state index contributed by atoms with van der Waals surface area (Å²) in [6, 6.07) is 3.09. The predicted octanol–water partition coefficient (Wildman–Crippen LogP) is 2.16. The number of piperidine rings is 1. The Morgan fingerprint density at radius 2 is 2.38 bits per heavy atom. The maximum absolute atomic E-state index is 5.96. The van der Waals surface area contributed by atoms with Crippen molar-refractivity contribution in [3.8, 4) is 0 Å². The molecule has 2 heterocycles. The van der Waals surface area contributed by atoms with E-state index in [0.717, 1.165) is 30.4 Å². The Morgan fingerprint density at radius 1 is 1.56 bits per heavy atom. The van der Waals surface area contributed by atoms with E-state index in [0.29, 0.717) is 12.1 Å². The highest BCUT2D eigenvalue weighted by Gasteiger charge is 2.22. The molecule has 2 N–H and O–H groups in total. The van der Waals surface area contributed by atoms with Crippen LogP contribution in [0, 0.1) is 0 Å². The van der Waals surface area contributed by atoms with E-state index in [1.807, 2.05) is 12.4 Å². The second-order valence-electron chi connectivity index (χ2n) is 4.62. The van der Waals surface area contributed by atoms with Crippen LogP contribution in [-0.2, 0) is 6.54 Å². The normalized spacial score (nSPS) is 26.9. The molecule has 0 saturated carbocycles. The minimum Gasteiger partial charge on any atom is -0.328 e. The van der Waals surface area contributed by atoms with Crippen LogP contribution in [0.15, 0.2) is 22.9 Å². The monoisotopic (exact) mass is 283 g/mol. The molecule has 2 rings (SSSR count). The van der Waals surface area contributed by atoms with Gasteiger partial charge in [-0.2, -0.15) is 0 Å². The summed E-state index contributed by atoms with van der Waals surface area (Å²) < 4.78 is 1.05. The Hall–Kier alpha value is -0.450. The summed E-state index contributed by atoms with van der Waals surface area (Å²) in [5.41, 5.74) is 7.22. The number of hydrogen-bond acceptors (Lipinski definition) is 3.